The molecule has 1 aromatic carbocycles. The molecule has 1 amide bonds. The quantitative estimate of drug-likeness (QED) is 0.923. The van der Waals surface area contributed by atoms with Gasteiger partial charge in [0, 0.05) is 30.9 Å². The van der Waals surface area contributed by atoms with Gasteiger partial charge in [-0.05, 0) is 42.7 Å². The highest BCUT2D eigenvalue weighted by atomic mass is 19.1. The van der Waals surface area contributed by atoms with Crippen LogP contribution in [0, 0.1) is 12.7 Å². The second kappa shape index (κ2) is 4.84. The Bertz CT molecular complexity index is 762. The lowest BCUT2D eigenvalue weighted by Crippen LogP contribution is -2.17. The number of nitrogens with zero attached hydrogens (tertiary/aromatic N) is 1. The number of benzene rings is 1. The number of anilines is 1. The van der Waals surface area contributed by atoms with Gasteiger partial charge in [-0.1, -0.05) is 0 Å². The number of halogens is 1. The molecule has 0 saturated carbocycles. The molecule has 0 aliphatic heterocycles. The second-order valence-corrected chi connectivity index (χ2v) is 5.32. The summed E-state index contributed by atoms with van der Waals surface area (Å²) in [6.07, 6.45) is 2.76. The Hall–Kier alpha value is -2.43. The van der Waals surface area contributed by atoms with Gasteiger partial charge in [-0.2, -0.15) is 0 Å². The van der Waals surface area contributed by atoms with Crippen molar-refractivity contribution in [3.63, 3.8) is 0 Å². The largest absolute Gasteiger partial charge is 0.346 e. The van der Waals surface area contributed by atoms with Crippen molar-refractivity contribution < 1.29 is 14.0 Å². The minimum Gasteiger partial charge on any atom is -0.346 e. The summed E-state index contributed by atoms with van der Waals surface area (Å²) >= 11 is 0. The van der Waals surface area contributed by atoms with Crippen LogP contribution in [-0.4, -0.2) is 16.3 Å². The summed E-state index contributed by atoms with van der Waals surface area (Å²) in [6, 6.07) is 4.43. The number of rotatable bonds is 2. The third-order valence-electron chi connectivity index (χ3n) is 3.82. The van der Waals surface area contributed by atoms with Gasteiger partial charge < -0.3 is 9.88 Å². The van der Waals surface area contributed by atoms with Gasteiger partial charge in [0.05, 0.1) is 0 Å². The fourth-order valence-corrected chi connectivity index (χ4v) is 2.75. The predicted molar refractivity (Wildman–Crippen MR) is 77.2 cm³/mol. The van der Waals surface area contributed by atoms with Gasteiger partial charge in [0.2, 0.25) is 0 Å². The molecular weight excluding hydrogens is 271 g/mol. The smallest absolute Gasteiger partial charge is 0.272 e. The van der Waals surface area contributed by atoms with Gasteiger partial charge in [-0.25, -0.2) is 4.39 Å². The molecule has 0 radical (unpaired) electrons. The number of ketones is 1. The lowest BCUT2D eigenvalue weighted by atomic mass is 10.1. The van der Waals surface area contributed by atoms with Crippen LogP contribution in [0.3, 0.4) is 0 Å². The Morgan fingerprint density at radius 2 is 2.10 bits per heavy atom. The Labute approximate surface area is 121 Å². The molecule has 1 aliphatic carbocycles. The van der Waals surface area contributed by atoms with Crippen molar-refractivity contribution in [3.05, 3.63) is 52.6 Å². The Kier molecular flexibility index (Phi) is 3.12. The van der Waals surface area contributed by atoms with Crippen LogP contribution in [0.2, 0.25) is 0 Å². The minimum absolute atomic E-state index is 0.0808. The van der Waals surface area contributed by atoms with E-state index in [1.807, 2.05) is 0 Å². The van der Waals surface area contributed by atoms with Gasteiger partial charge in [0.1, 0.15) is 11.5 Å². The van der Waals surface area contributed by atoms with E-state index in [1.54, 1.807) is 30.8 Å². The average Bonchev–Trinajstić information content (AvgIpc) is 2.93. The number of nitrogens with one attached hydrogen (secondary N) is 1. The summed E-state index contributed by atoms with van der Waals surface area (Å²) in [5, 5.41) is 2.76. The van der Waals surface area contributed by atoms with Crippen LogP contribution in [0.4, 0.5) is 10.1 Å². The first-order valence-corrected chi connectivity index (χ1v) is 6.76. The minimum atomic E-state index is -0.307. The molecule has 4 nitrogen and oxygen atoms in total. The SMILES string of the molecule is Cc1cc(NC(=O)c2c3c(cn2C)C(=O)CC3)ccc1F. The van der Waals surface area contributed by atoms with Crippen molar-refractivity contribution in [1.29, 1.82) is 0 Å². The average molecular weight is 286 g/mol. The van der Waals surface area contributed by atoms with Crippen LogP contribution in [-0.2, 0) is 13.5 Å². The van der Waals surface area contributed by atoms with Crippen LogP contribution >= 0.6 is 0 Å². The Morgan fingerprint density at radius 3 is 2.81 bits per heavy atom. The molecule has 5 heteroatoms. The van der Waals surface area contributed by atoms with E-state index in [0.717, 1.165) is 5.56 Å². The molecule has 1 heterocycles. The van der Waals surface area contributed by atoms with Gasteiger partial charge in [-0.15, -0.1) is 0 Å². The fraction of sp³-hybridized carbons (Fsp3) is 0.250. The number of carbonyl (C=O) groups is 2. The van der Waals surface area contributed by atoms with E-state index in [1.165, 1.54) is 12.1 Å². The molecule has 1 aromatic heterocycles. The molecule has 0 fully saturated rings. The highest BCUT2D eigenvalue weighted by molar-refractivity contribution is 6.09. The predicted octanol–water partition coefficient (Wildman–Crippen LogP) is 2.85. The van der Waals surface area contributed by atoms with E-state index in [2.05, 4.69) is 5.32 Å². The number of fused-ring (bicyclic) bond motifs is 1. The molecule has 0 bridgehead atoms. The van der Waals surface area contributed by atoms with Gasteiger partial charge in [0.15, 0.2) is 5.78 Å². The number of aromatic nitrogens is 1. The first-order chi connectivity index (χ1) is 9.97. The first kappa shape index (κ1) is 13.5. The number of hydrogen-bond donors (Lipinski definition) is 1. The topological polar surface area (TPSA) is 51.1 Å². The lowest BCUT2D eigenvalue weighted by molar-refractivity contribution is 0.0989. The van der Waals surface area contributed by atoms with Crippen LogP contribution in [0.15, 0.2) is 24.4 Å². The summed E-state index contributed by atoms with van der Waals surface area (Å²) < 4.78 is 14.9. The van der Waals surface area contributed by atoms with Crippen LogP contribution in [0.5, 0.6) is 0 Å². The maximum absolute atomic E-state index is 13.2. The van der Waals surface area contributed by atoms with Crippen LogP contribution in [0.25, 0.3) is 0 Å². The summed E-state index contributed by atoms with van der Waals surface area (Å²) in [4.78, 5) is 24.1. The molecule has 2 aromatic rings. The molecule has 21 heavy (non-hydrogen) atoms. The molecule has 108 valence electrons. The third-order valence-corrected chi connectivity index (χ3v) is 3.82. The zero-order chi connectivity index (χ0) is 15.1. The van der Waals surface area contributed by atoms with Gasteiger partial charge >= 0.3 is 0 Å². The van der Waals surface area contributed by atoms with Crippen molar-refractivity contribution in [2.75, 3.05) is 5.32 Å². The first-order valence-electron chi connectivity index (χ1n) is 6.76. The Morgan fingerprint density at radius 1 is 1.33 bits per heavy atom. The van der Waals surface area contributed by atoms with E-state index in [0.29, 0.717) is 35.3 Å². The zero-order valence-corrected chi connectivity index (χ0v) is 11.9. The lowest BCUT2D eigenvalue weighted by Gasteiger charge is -2.09. The summed E-state index contributed by atoms with van der Waals surface area (Å²) in [5.41, 5.74) is 2.95. The molecule has 0 atom stereocenters. The normalized spacial score (nSPS) is 13.4. The van der Waals surface area contributed by atoms with Crippen molar-refractivity contribution in [2.24, 2.45) is 7.05 Å². The number of hydrogen-bond acceptors (Lipinski definition) is 2. The third kappa shape index (κ3) is 2.24. The highest BCUT2D eigenvalue weighted by Crippen LogP contribution is 2.27. The molecule has 0 spiro atoms. The molecular formula is C16H15FN2O2. The van der Waals surface area contributed by atoms with Crippen LogP contribution < -0.4 is 5.32 Å². The highest BCUT2D eigenvalue weighted by Gasteiger charge is 2.28. The standard InChI is InChI=1S/C16H15FN2O2/c1-9-7-10(3-5-13(9)17)18-16(21)15-11-4-6-14(20)12(11)8-19(15)2/h3,5,7-8H,4,6H2,1-2H3,(H,18,21). The van der Waals surface area contributed by atoms with E-state index < -0.39 is 0 Å². The second-order valence-electron chi connectivity index (χ2n) is 5.32. The fourth-order valence-electron chi connectivity index (χ4n) is 2.75. The van der Waals surface area contributed by atoms with Crippen molar-refractivity contribution in [3.8, 4) is 0 Å². The molecule has 3 rings (SSSR count). The van der Waals surface area contributed by atoms with Gasteiger partial charge in [-0.3, -0.25) is 9.59 Å². The number of carbonyl (C=O) groups excluding carboxylic acids is 2. The number of aryl methyl sites for hydroxylation is 2. The van der Waals surface area contributed by atoms with Crippen molar-refractivity contribution in [2.45, 2.75) is 19.8 Å². The van der Waals surface area contributed by atoms with Crippen molar-refractivity contribution >= 4 is 17.4 Å². The molecule has 1 aliphatic rings. The summed E-state index contributed by atoms with van der Waals surface area (Å²) in [6.45, 7) is 1.64. The van der Waals surface area contributed by atoms with Crippen molar-refractivity contribution in [1.82, 2.24) is 4.57 Å². The molecule has 0 unspecified atom stereocenters. The summed E-state index contributed by atoms with van der Waals surface area (Å²) in [7, 11) is 1.75. The number of Topliss-reactive ketones (excluding diaryl/α,β-unsaturated/α-hetero) is 1. The van der Waals surface area contributed by atoms with E-state index in [4.69, 9.17) is 0 Å². The maximum atomic E-state index is 13.2. The maximum Gasteiger partial charge on any atom is 0.272 e. The van der Waals surface area contributed by atoms with E-state index in [9.17, 15) is 14.0 Å². The number of amides is 1. The molecule has 1 N–H and O–H groups in total. The monoisotopic (exact) mass is 286 g/mol. The summed E-state index contributed by atoms with van der Waals surface area (Å²) in [5.74, 6) is -0.505. The zero-order valence-electron chi connectivity index (χ0n) is 11.9. The Balaban J connectivity index is 1.91. The van der Waals surface area contributed by atoms with E-state index >= 15 is 0 Å². The van der Waals surface area contributed by atoms with Gasteiger partial charge in [0.25, 0.3) is 5.91 Å². The van der Waals surface area contributed by atoms with E-state index in [-0.39, 0.29) is 17.5 Å². The molecule has 0 saturated heterocycles. The van der Waals surface area contributed by atoms with Crippen LogP contribution in [0.1, 0.15) is 38.4 Å².